The van der Waals surface area contributed by atoms with Crippen molar-refractivity contribution in [1.82, 2.24) is 15.3 Å². The first-order valence-corrected chi connectivity index (χ1v) is 9.35. The Hall–Kier alpha value is -3.22. The molecule has 150 valence electrons. The Morgan fingerprint density at radius 1 is 1.24 bits per heavy atom. The molecule has 1 N–H and O–H groups in total. The summed E-state index contributed by atoms with van der Waals surface area (Å²) in [5, 5.41) is 2.64. The van der Waals surface area contributed by atoms with Gasteiger partial charge in [-0.3, -0.25) is 14.4 Å². The minimum absolute atomic E-state index is 0.00544. The Balaban J connectivity index is 1.87. The molecule has 1 amide bonds. The van der Waals surface area contributed by atoms with Gasteiger partial charge in [-0.2, -0.15) is 0 Å². The fourth-order valence-electron chi connectivity index (χ4n) is 3.83. The average molecular weight is 395 g/mol. The largest absolute Gasteiger partial charge is 0.353 e. The zero-order valence-electron chi connectivity index (χ0n) is 16.4. The van der Waals surface area contributed by atoms with Gasteiger partial charge in [-0.05, 0) is 42.7 Å². The minimum atomic E-state index is -0.865. The summed E-state index contributed by atoms with van der Waals surface area (Å²) in [4.78, 5) is 45.5. The zero-order valence-corrected chi connectivity index (χ0v) is 16.4. The molecular formula is C22H22FN3O3. The average Bonchev–Trinajstić information content (AvgIpc) is 2.94. The molecule has 0 saturated heterocycles. The van der Waals surface area contributed by atoms with Gasteiger partial charge in [0.1, 0.15) is 11.7 Å². The third kappa shape index (κ3) is 4.29. The van der Waals surface area contributed by atoms with Crippen LogP contribution in [0, 0.1) is 25.6 Å². The van der Waals surface area contributed by atoms with Gasteiger partial charge >= 0.3 is 0 Å². The lowest BCUT2D eigenvalue weighted by molar-refractivity contribution is -0.128. The molecule has 1 saturated carbocycles. The molecule has 2 atom stereocenters. The molecule has 0 bridgehead atoms. The van der Waals surface area contributed by atoms with Gasteiger partial charge in [0.15, 0.2) is 17.4 Å². The predicted octanol–water partition coefficient (Wildman–Crippen LogP) is 2.83. The summed E-state index contributed by atoms with van der Waals surface area (Å²) in [6, 6.07) is 3.58. The van der Waals surface area contributed by atoms with Crippen LogP contribution in [-0.4, -0.2) is 34.0 Å². The van der Waals surface area contributed by atoms with Crippen molar-refractivity contribution in [3.05, 3.63) is 59.7 Å². The quantitative estimate of drug-likeness (QED) is 0.600. The normalized spacial score (nSPS) is 18.7. The standard InChI is InChI=1S/C22H22FN3O3/c1-4-5-24-18(28)9-14-8-17(27)20(21(14)29)19-12(2)6-15(7-13(19)3)22-25-10-16(23)11-26-22/h4,6-7,10-11,14,20H,1,5,8-9H2,2-3H3,(H,24,28). The Labute approximate surface area is 168 Å². The van der Waals surface area contributed by atoms with Crippen LogP contribution in [0.2, 0.25) is 0 Å². The number of benzene rings is 1. The van der Waals surface area contributed by atoms with Crippen LogP contribution in [0.1, 0.15) is 35.4 Å². The number of amides is 1. The molecule has 2 aromatic rings. The summed E-state index contributed by atoms with van der Waals surface area (Å²) in [7, 11) is 0. The summed E-state index contributed by atoms with van der Waals surface area (Å²) in [5.41, 5.74) is 2.87. The number of Topliss-reactive ketones (excluding diaryl/α,β-unsaturated/α-hetero) is 2. The van der Waals surface area contributed by atoms with Gasteiger partial charge in [0, 0.05) is 30.9 Å². The summed E-state index contributed by atoms with van der Waals surface area (Å²) >= 11 is 0. The van der Waals surface area contributed by atoms with Crippen molar-refractivity contribution in [3.8, 4) is 11.4 Å². The van der Waals surface area contributed by atoms with Crippen LogP contribution in [-0.2, 0) is 14.4 Å². The first-order valence-electron chi connectivity index (χ1n) is 9.35. The maximum atomic E-state index is 13.1. The van der Waals surface area contributed by atoms with Crippen LogP contribution in [0.4, 0.5) is 4.39 Å². The number of ketones is 2. The molecular weight excluding hydrogens is 373 g/mol. The maximum absolute atomic E-state index is 13.1. The molecule has 7 heteroatoms. The molecule has 6 nitrogen and oxygen atoms in total. The first kappa shape index (κ1) is 20.5. The van der Waals surface area contributed by atoms with E-state index in [0.29, 0.717) is 23.5 Å². The highest BCUT2D eigenvalue weighted by Gasteiger charge is 2.43. The number of aromatic nitrogens is 2. The molecule has 1 aliphatic rings. The molecule has 0 aliphatic heterocycles. The van der Waals surface area contributed by atoms with Gasteiger partial charge in [0.2, 0.25) is 5.91 Å². The van der Waals surface area contributed by atoms with E-state index >= 15 is 0 Å². The van der Waals surface area contributed by atoms with Crippen LogP contribution in [0.5, 0.6) is 0 Å². The van der Waals surface area contributed by atoms with Crippen LogP contribution in [0.25, 0.3) is 11.4 Å². The topological polar surface area (TPSA) is 89.0 Å². The van der Waals surface area contributed by atoms with E-state index in [4.69, 9.17) is 0 Å². The zero-order chi connectivity index (χ0) is 21.1. The van der Waals surface area contributed by atoms with Gasteiger partial charge in [0.25, 0.3) is 0 Å². The second kappa shape index (κ2) is 8.43. The molecule has 29 heavy (non-hydrogen) atoms. The van der Waals surface area contributed by atoms with Gasteiger partial charge in [-0.25, -0.2) is 14.4 Å². The van der Waals surface area contributed by atoms with Gasteiger partial charge < -0.3 is 5.32 Å². The third-order valence-corrected chi connectivity index (χ3v) is 5.09. The van der Waals surface area contributed by atoms with Crippen molar-refractivity contribution in [1.29, 1.82) is 0 Å². The van der Waals surface area contributed by atoms with Crippen LogP contribution >= 0.6 is 0 Å². The van der Waals surface area contributed by atoms with E-state index in [2.05, 4.69) is 21.9 Å². The van der Waals surface area contributed by atoms with Crippen LogP contribution in [0.15, 0.2) is 37.2 Å². The molecule has 1 aromatic heterocycles. The fourth-order valence-corrected chi connectivity index (χ4v) is 3.83. The lowest BCUT2D eigenvalue weighted by Gasteiger charge is -2.17. The Morgan fingerprint density at radius 2 is 1.86 bits per heavy atom. The smallest absolute Gasteiger partial charge is 0.220 e. The second-order valence-corrected chi connectivity index (χ2v) is 7.25. The van der Waals surface area contributed by atoms with Crippen molar-refractivity contribution in [3.63, 3.8) is 0 Å². The third-order valence-electron chi connectivity index (χ3n) is 5.09. The molecule has 2 unspecified atom stereocenters. The second-order valence-electron chi connectivity index (χ2n) is 7.25. The van der Waals surface area contributed by atoms with Crippen molar-refractivity contribution in [2.45, 2.75) is 32.6 Å². The number of aryl methyl sites for hydroxylation is 2. The summed E-state index contributed by atoms with van der Waals surface area (Å²) < 4.78 is 13.1. The fraction of sp³-hybridized carbons (Fsp3) is 0.318. The first-order chi connectivity index (χ1) is 13.8. The Bertz CT molecular complexity index is 962. The molecule has 0 spiro atoms. The highest BCUT2D eigenvalue weighted by Crippen LogP contribution is 2.38. The summed E-state index contributed by atoms with van der Waals surface area (Å²) in [6.07, 6.45) is 3.79. The highest BCUT2D eigenvalue weighted by molar-refractivity contribution is 6.15. The van der Waals surface area contributed by atoms with E-state index in [1.54, 1.807) is 18.2 Å². The van der Waals surface area contributed by atoms with Gasteiger partial charge in [-0.15, -0.1) is 6.58 Å². The number of carbonyl (C=O) groups is 3. The number of halogens is 1. The lowest BCUT2D eigenvalue weighted by atomic mass is 9.86. The maximum Gasteiger partial charge on any atom is 0.220 e. The Kier molecular flexibility index (Phi) is 5.96. The molecule has 3 rings (SSSR count). The number of rotatable bonds is 6. The van der Waals surface area contributed by atoms with E-state index in [-0.39, 0.29) is 30.3 Å². The molecule has 1 heterocycles. The van der Waals surface area contributed by atoms with Crippen LogP contribution in [0.3, 0.4) is 0 Å². The lowest BCUT2D eigenvalue weighted by Crippen LogP contribution is -2.27. The molecule has 1 fully saturated rings. The van der Waals surface area contributed by atoms with Crippen molar-refractivity contribution in [2.24, 2.45) is 5.92 Å². The number of hydrogen-bond acceptors (Lipinski definition) is 5. The minimum Gasteiger partial charge on any atom is -0.353 e. The van der Waals surface area contributed by atoms with Crippen molar-refractivity contribution in [2.75, 3.05) is 6.54 Å². The number of carbonyl (C=O) groups excluding carboxylic acids is 3. The van der Waals surface area contributed by atoms with Crippen molar-refractivity contribution >= 4 is 17.5 Å². The molecule has 1 aliphatic carbocycles. The monoisotopic (exact) mass is 395 g/mol. The van der Waals surface area contributed by atoms with E-state index in [1.165, 1.54) is 0 Å². The number of nitrogens with one attached hydrogen (secondary N) is 1. The summed E-state index contributed by atoms with van der Waals surface area (Å²) in [6.45, 7) is 7.49. The van der Waals surface area contributed by atoms with E-state index in [0.717, 1.165) is 23.5 Å². The van der Waals surface area contributed by atoms with Gasteiger partial charge in [0.05, 0.1) is 12.4 Å². The van der Waals surface area contributed by atoms with Crippen LogP contribution < -0.4 is 5.32 Å². The molecule has 0 radical (unpaired) electrons. The van der Waals surface area contributed by atoms with E-state index in [1.807, 2.05) is 13.8 Å². The van der Waals surface area contributed by atoms with E-state index in [9.17, 15) is 18.8 Å². The van der Waals surface area contributed by atoms with Gasteiger partial charge in [-0.1, -0.05) is 6.08 Å². The predicted molar refractivity (Wildman–Crippen MR) is 106 cm³/mol. The number of nitrogens with zero attached hydrogens (tertiary/aromatic N) is 2. The highest BCUT2D eigenvalue weighted by atomic mass is 19.1. The number of hydrogen-bond donors (Lipinski definition) is 1. The molecule has 1 aromatic carbocycles. The Morgan fingerprint density at radius 3 is 2.45 bits per heavy atom. The van der Waals surface area contributed by atoms with E-state index < -0.39 is 17.7 Å². The van der Waals surface area contributed by atoms with Crippen molar-refractivity contribution < 1.29 is 18.8 Å². The summed E-state index contributed by atoms with van der Waals surface area (Å²) in [5.74, 6) is -2.30. The SMILES string of the molecule is C=CCNC(=O)CC1CC(=O)C(c2c(C)cc(-c3ncc(F)cn3)cc2C)C1=O.